The molecule has 2 N–H and O–H groups in total. The van der Waals surface area contributed by atoms with E-state index in [0.717, 1.165) is 32.2 Å². The molecule has 45 heavy (non-hydrogen) atoms. The van der Waals surface area contributed by atoms with Gasteiger partial charge >= 0.3 is 11.6 Å². The second kappa shape index (κ2) is 10.4. The highest BCUT2D eigenvalue weighted by atomic mass is 19.1. The van der Waals surface area contributed by atoms with Gasteiger partial charge in [0.15, 0.2) is 5.82 Å². The number of nitrogens with one attached hydrogen (secondary N) is 1. The summed E-state index contributed by atoms with van der Waals surface area (Å²) in [7, 11) is 0. The Morgan fingerprint density at radius 1 is 1.20 bits per heavy atom. The number of phenolic OH excluding ortho intramolecular Hbond substituents is 1. The minimum Gasteiger partial charge on any atom is -0.508 e. The van der Waals surface area contributed by atoms with Crippen molar-refractivity contribution in [1.29, 1.82) is 0 Å². The molecule has 0 aliphatic carbocycles. The largest absolute Gasteiger partial charge is 0.508 e. The smallest absolute Gasteiger partial charge is 0.349 e. The van der Waals surface area contributed by atoms with E-state index < -0.39 is 23.2 Å². The molecule has 4 saturated heterocycles. The molecule has 2 bridgehead atoms. The fourth-order valence-corrected chi connectivity index (χ4v) is 8.13. The zero-order chi connectivity index (χ0) is 31.0. The highest BCUT2D eigenvalue weighted by molar-refractivity contribution is 6.03. The average molecular weight is 614 g/mol. The molecule has 232 valence electrons. The van der Waals surface area contributed by atoms with Gasteiger partial charge in [-0.1, -0.05) is 12.0 Å². The Bertz CT molecular complexity index is 1960. The molecule has 8 rings (SSSR count). The highest BCUT2D eigenvalue weighted by Crippen LogP contribution is 2.42. The van der Waals surface area contributed by atoms with E-state index in [1.807, 2.05) is 0 Å². The lowest BCUT2D eigenvalue weighted by Crippen LogP contribution is -2.51. The van der Waals surface area contributed by atoms with Crippen molar-refractivity contribution in [2.24, 2.45) is 0 Å². The number of aromatic nitrogens is 2. The summed E-state index contributed by atoms with van der Waals surface area (Å²) in [4.78, 5) is 27.7. The van der Waals surface area contributed by atoms with Gasteiger partial charge in [0.2, 0.25) is 0 Å². The first-order valence-corrected chi connectivity index (χ1v) is 15.5. The van der Waals surface area contributed by atoms with Gasteiger partial charge in [-0.2, -0.15) is 9.97 Å². The van der Waals surface area contributed by atoms with Gasteiger partial charge in [0.25, 0.3) is 0 Å². The van der Waals surface area contributed by atoms with Gasteiger partial charge in [0, 0.05) is 54.7 Å². The molecule has 0 radical (unpaired) electrons. The third kappa shape index (κ3) is 4.53. The molecular formula is C34H33F2N5O4. The number of hydrogen-bond donors (Lipinski definition) is 2. The van der Waals surface area contributed by atoms with Crippen molar-refractivity contribution < 1.29 is 23.0 Å². The number of halogens is 2. The zero-order valence-electron chi connectivity index (χ0n) is 24.9. The van der Waals surface area contributed by atoms with Gasteiger partial charge in [-0.15, -0.1) is 6.42 Å². The lowest BCUT2D eigenvalue weighted by Gasteiger charge is -2.34. The van der Waals surface area contributed by atoms with E-state index in [0.29, 0.717) is 53.7 Å². The molecule has 11 heteroatoms. The summed E-state index contributed by atoms with van der Waals surface area (Å²) >= 11 is 0. The number of aromatic hydroxyl groups is 1. The zero-order valence-corrected chi connectivity index (χ0v) is 24.9. The topological polar surface area (TPSA) is 104 Å². The number of benzene rings is 2. The molecule has 4 atom stereocenters. The first kappa shape index (κ1) is 28.2. The van der Waals surface area contributed by atoms with E-state index in [4.69, 9.17) is 25.5 Å². The standard InChI is InChI=1S/C34H33F2N5O4/c1-3-24-26(36)8-5-19-11-23(42)12-25(27(19)24)30-18(2)29-28(32(43)45-30)31(40-15-21-6-7-22(16-40)37-21)39-33(38-29)44-17-34-9-4-10-41(34)14-20(35)13-34/h1,5,8,11-12,20-22,37,42H,4,6-7,9-10,13-17H2,2H3/t20-,21-,22+,34+/m1/s1. The second-order valence-electron chi connectivity index (χ2n) is 13.0. The summed E-state index contributed by atoms with van der Waals surface area (Å²) in [5, 5.41) is 15.3. The van der Waals surface area contributed by atoms with Crippen molar-refractivity contribution in [1.82, 2.24) is 20.2 Å². The number of rotatable bonds is 5. The van der Waals surface area contributed by atoms with E-state index in [-0.39, 0.29) is 52.7 Å². The van der Waals surface area contributed by atoms with Gasteiger partial charge < -0.3 is 24.5 Å². The molecular weight excluding hydrogens is 580 g/mol. The highest BCUT2D eigenvalue weighted by Gasteiger charge is 2.49. The summed E-state index contributed by atoms with van der Waals surface area (Å²) in [5.41, 5.74) is 0.0232. The Morgan fingerprint density at radius 3 is 2.78 bits per heavy atom. The number of piperazine rings is 1. The van der Waals surface area contributed by atoms with Crippen LogP contribution in [0, 0.1) is 25.1 Å². The van der Waals surface area contributed by atoms with Crippen LogP contribution in [0.2, 0.25) is 0 Å². The van der Waals surface area contributed by atoms with Crippen molar-refractivity contribution in [3.05, 3.63) is 51.6 Å². The normalized spacial score (nSPS) is 26.1. The Kier molecular flexibility index (Phi) is 6.52. The Morgan fingerprint density at radius 2 is 2.00 bits per heavy atom. The van der Waals surface area contributed by atoms with Crippen LogP contribution in [0.5, 0.6) is 11.8 Å². The Hall–Kier alpha value is -4.27. The second-order valence-corrected chi connectivity index (χ2v) is 13.0. The number of nitrogens with zero attached hydrogens (tertiary/aromatic N) is 4. The number of fused-ring (bicyclic) bond motifs is 5. The van der Waals surface area contributed by atoms with Crippen LogP contribution in [-0.4, -0.2) is 76.6 Å². The van der Waals surface area contributed by atoms with Crippen molar-refractivity contribution >= 4 is 27.5 Å². The molecule has 0 unspecified atom stereocenters. The van der Waals surface area contributed by atoms with Gasteiger partial charge in [-0.3, -0.25) is 4.90 Å². The maximum Gasteiger partial charge on any atom is 0.349 e. The fourth-order valence-electron chi connectivity index (χ4n) is 8.13. The molecule has 0 amide bonds. The van der Waals surface area contributed by atoms with Crippen molar-refractivity contribution in [3.63, 3.8) is 0 Å². The SMILES string of the molecule is C#Cc1c(F)ccc2cc(O)cc(-c3oc(=O)c4c(N5C[C@H]6CC[C@@H](C5)N6)nc(OC[C@@]56CCCN5C[C@H](F)C6)nc4c3C)c12. The predicted molar refractivity (Wildman–Crippen MR) is 166 cm³/mol. The predicted octanol–water partition coefficient (Wildman–Crippen LogP) is 4.43. The van der Waals surface area contributed by atoms with Crippen LogP contribution in [0.15, 0.2) is 33.5 Å². The van der Waals surface area contributed by atoms with E-state index in [2.05, 4.69) is 21.0 Å². The lowest BCUT2D eigenvalue weighted by molar-refractivity contribution is 0.107. The first-order chi connectivity index (χ1) is 21.7. The number of ether oxygens (including phenoxy) is 1. The summed E-state index contributed by atoms with van der Waals surface area (Å²) in [6.45, 7) is 4.55. The van der Waals surface area contributed by atoms with E-state index >= 15 is 0 Å². The van der Waals surface area contributed by atoms with Gasteiger partial charge in [-0.05, 0) is 62.7 Å². The van der Waals surface area contributed by atoms with Crippen LogP contribution < -0.4 is 20.6 Å². The molecule has 2 aromatic heterocycles. The third-order valence-corrected chi connectivity index (χ3v) is 10.2. The van der Waals surface area contributed by atoms with Crippen molar-refractivity contribution in [3.8, 4) is 35.4 Å². The third-order valence-electron chi connectivity index (χ3n) is 10.2. The van der Waals surface area contributed by atoms with Crippen LogP contribution in [-0.2, 0) is 0 Å². The summed E-state index contributed by atoms with van der Waals surface area (Å²) in [6.07, 6.45) is 9.10. The molecule has 4 aromatic rings. The molecule has 6 heterocycles. The molecule has 9 nitrogen and oxygen atoms in total. The van der Waals surface area contributed by atoms with Crippen molar-refractivity contribution in [2.45, 2.75) is 62.8 Å². The van der Waals surface area contributed by atoms with Crippen LogP contribution >= 0.6 is 0 Å². The maximum atomic E-state index is 14.9. The van der Waals surface area contributed by atoms with Gasteiger partial charge in [0.05, 0.1) is 16.6 Å². The van der Waals surface area contributed by atoms with Crippen molar-refractivity contribution in [2.75, 3.05) is 37.7 Å². The van der Waals surface area contributed by atoms with E-state index in [9.17, 15) is 18.7 Å². The summed E-state index contributed by atoms with van der Waals surface area (Å²) in [5.74, 6) is 2.26. The monoisotopic (exact) mass is 613 g/mol. The molecule has 0 saturated carbocycles. The quantitative estimate of drug-likeness (QED) is 0.317. The Balaban J connectivity index is 1.31. The van der Waals surface area contributed by atoms with Gasteiger partial charge in [0.1, 0.15) is 35.5 Å². The first-order valence-electron chi connectivity index (χ1n) is 15.5. The number of phenols is 1. The van der Waals surface area contributed by atoms with Crippen LogP contribution in [0.25, 0.3) is 33.0 Å². The Labute approximate surface area is 258 Å². The average Bonchev–Trinajstić information content (AvgIpc) is 3.67. The van der Waals surface area contributed by atoms with E-state index in [1.54, 1.807) is 6.92 Å². The maximum absolute atomic E-state index is 14.9. The lowest BCUT2D eigenvalue weighted by atomic mass is 9.95. The van der Waals surface area contributed by atoms with Crippen LogP contribution in [0.1, 0.15) is 43.2 Å². The summed E-state index contributed by atoms with van der Waals surface area (Å²) < 4.78 is 41.7. The fraction of sp³-hybridized carbons (Fsp3) is 0.441. The van der Waals surface area contributed by atoms with E-state index in [1.165, 1.54) is 24.3 Å². The number of terminal acetylenes is 1. The van der Waals surface area contributed by atoms with Gasteiger partial charge in [-0.25, -0.2) is 13.6 Å². The number of aryl methyl sites for hydroxylation is 1. The molecule has 4 aliphatic heterocycles. The molecule has 4 aliphatic rings. The number of alkyl halides is 1. The minimum absolute atomic E-state index is 0.00329. The molecule has 4 fully saturated rings. The summed E-state index contributed by atoms with van der Waals surface area (Å²) in [6, 6.07) is 6.30. The minimum atomic E-state index is -0.900. The van der Waals surface area contributed by atoms with Crippen LogP contribution in [0.3, 0.4) is 0 Å². The number of hydrogen-bond acceptors (Lipinski definition) is 9. The molecule has 0 spiro atoms. The molecule has 2 aromatic carbocycles. The number of anilines is 1. The van der Waals surface area contributed by atoms with Crippen LogP contribution in [0.4, 0.5) is 14.6 Å².